The minimum atomic E-state index is -5.70. The maximum atomic E-state index is 12.7. The van der Waals surface area contributed by atoms with Gasteiger partial charge in [0.1, 0.15) is 5.69 Å². The molecule has 0 saturated carbocycles. The lowest BCUT2D eigenvalue weighted by atomic mass is 10.1. The number of hydrogen-bond acceptors (Lipinski definition) is 6. The van der Waals surface area contributed by atoms with Crippen molar-refractivity contribution in [2.24, 2.45) is 0 Å². The molecule has 0 bridgehead atoms. The molecule has 1 heterocycles. The maximum Gasteiger partial charge on any atom is 0.501 e. The van der Waals surface area contributed by atoms with Gasteiger partial charge in [0, 0.05) is 17.8 Å². The molecule has 1 N–H and O–H groups in total. The Bertz CT molecular complexity index is 1040. The first-order valence-electron chi connectivity index (χ1n) is 8.48. The van der Waals surface area contributed by atoms with Crippen molar-refractivity contribution < 1.29 is 26.5 Å². The quantitative estimate of drug-likeness (QED) is 0.555. The van der Waals surface area contributed by atoms with Crippen molar-refractivity contribution in [3.05, 3.63) is 45.8 Å². The number of sulfone groups is 1. The van der Waals surface area contributed by atoms with Crippen LogP contribution in [0.5, 0.6) is 0 Å². The highest BCUT2D eigenvalue weighted by Gasteiger charge is 2.47. The average molecular weight is 434 g/mol. The molecule has 0 saturated heterocycles. The molecular weight excluding hydrogens is 413 g/mol. The van der Waals surface area contributed by atoms with Gasteiger partial charge in [0.25, 0.3) is 15.5 Å². The van der Waals surface area contributed by atoms with E-state index in [4.69, 9.17) is 0 Å². The summed E-state index contributed by atoms with van der Waals surface area (Å²) in [6, 6.07) is 1.58. The van der Waals surface area contributed by atoms with Crippen LogP contribution in [0, 0.1) is 17.0 Å². The zero-order valence-electron chi connectivity index (χ0n) is 16.4. The first-order chi connectivity index (χ1) is 13.1. The van der Waals surface area contributed by atoms with E-state index in [2.05, 4.69) is 10.4 Å². The third-order valence-corrected chi connectivity index (χ3v) is 5.73. The molecule has 2 rings (SSSR count). The van der Waals surface area contributed by atoms with Crippen LogP contribution in [0.3, 0.4) is 0 Å². The summed E-state index contributed by atoms with van der Waals surface area (Å²) < 4.78 is 63.1. The molecule has 0 radical (unpaired) electrons. The first kappa shape index (κ1) is 22.7. The SMILES string of the molecule is Cc1nn(C(C)(C)C)cc1C(C)Nc1ccc(S(=O)(=O)C(F)(F)F)cc1[N+](=O)[O-]. The van der Waals surface area contributed by atoms with E-state index in [0.29, 0.717) is 17.8 Å². The van der Waals surface area contributed by atoms with E-state index >= 15 is 0 Å². The van der Waals surface area contributed by atoms with Gasteiger partial charge in [-0.15, -0.1) is 0 Å². The van der Waals surface area contributed by atoms with E-state index in [1.54, 1.807) is 24.7 Å². The Morgan fingerprint density at radius 3 is 2.28 bits per heavy atom. The third kappa shape index (κ3) is 4.52. The number of nitrogens with zero attached hydrogens (tertiary/aromatic N) is 3. The second kappa shape index (κ2) is 7.32. The van der Waals surface area contributed by atoms with Gasteiger partial charge in [-0.1, -0.05) is 0 Å². The lowest BCUT2D eigenvalue weighted by Crippen LogP contribution is -2.23. The number of rotatable bonds is 5. The number of benzene rings is 1. The highest BCUT2D eigenvalue weighted by Crippen LogP contribution is 2.36. The fourth-order valence-corrected chi connectivity index (χ4v) is 3.42. The van der Waals surface area contributed by atoms with Gasteiger partial charge in [-0.05, 0) is 46.8 Å². The fourth-order valence-electron chi connectivity index (χ4n) is 2.64. The van der Waals surface area contributed by atoms with Crippen LogP contribution in [0.4, 0.5) is 24.5 Å². The minimum absolute atomic E-state index is 0.105. The van der Waals surface area contributed by atoms with E-state index in [-0.39, 0.29) is 11.2 Å². The van der Waals surface area contributed by atoms with E-state index in [9.17, 15) is 31.7 Å². The number of nitro benzene ring substituents is 1. The zero-order valence-corrected chi connectivity index (χ0v) is 17.2. The molecule has 0 aliphatic heterocycles. The molecule has 0 aliphatic carbocycles. The molecule has 1 aromatic heterocycles. The topological polar surface area (TPSA) is 107 Å². The van der Waals surface area contributed by atoms with Crippen LogP contribution in [-0.4, -0.2) is 28.6 Å². The summed E-state index contributed by atoms with van der Waals surface area (Å²) in [6.07, 6.45) is 1.78. The third-order valence-electron chi connectivity index (χ3n) is 4.24. The fraction of sp³-hybridized carbons (Fsp3) is 0.471. The number of anilines is 1. The molecule has 12 heteroatoms. The van der Waals surface area contributed by atoms with Crippen molar-refractivity contribution in [1.82, 2.24) is 9.78 Å². The zero-order chi connectivity index (χ0) is 22.4. The van der Waals surface area contributed by atoms with Crippen LogP contribution in [0.2, 0.25) is 0 Å². The maximum absolute atomic E-state index is 12.7. The number of nitrogens with one attached hydrogen (secondary N) is 1. The van der Waals surface area contributed by atoms with Crippen LogP contribution < -0.4 is 5.32 Å². The first-order valence-corrected chi connectivity index (χ1v) is 9.97. The number of nitro groups is 1. The molecule has 1 aromatic carbocycles. The van der Waals surface area contributed by atoms with Crippen molar-refractivity contribution in [2.45, 2.75) is 56.6 Å². The van der Waals surface area contributed by atoms with Crippen LogP contribution in [0.15, 0.2) is 29.3 Å². The molecule has 0 fully saturated rings. The van der Waals surface area contributed by atoms with Gasteiger partial charge in [0.05, 0.1) is 27.1 Å². The largest absolute Gasteiger partial charge is 0.501 e. The van der Waals surface area contributed by atoms with Crippen molar-refractivity contribution >= 4 is 21.2 Å². The Morgan fingerprint density at radius 2 is 1.83 bits per heavy atom. The Morgan fingerprint density at radius 1 is 1.24 bits per heavy atom. The van der Waals surface area contributed by atoms with Gasteiger partial charge in [-0.25, -0.2) is 8.42 Å². The van der Waals surface area contributed by atoms with Crippen LogP contribution >= 0.6 is 0 Å². The summed E-state index contributed by atoms with van der Waals surface area (Å²) in [6.45, 7) is 9.33. The number of hydrogen-bond donors (Lipinski definition) is 1. The van der Waals surface area contributed by atoms with E-state index in [1.165, 1.54) is 0 Å². The number of aromatic nitrogens is 2. The molecular formula is C17H21F3N4O4S. The van der Waals surface area contributed by atoms with E-state index < -0.39 is 36.9 Å². The normalized spacial score (nSPS) is 13.9. The summed E-state index contributed by atoms with van der Waals surface area (Å²) in [5.74, 6) is 0. The number of halogens is 3. The monoisotopic (exact) mass is 434 g/mol. The lowest BCUT2D eigenvalue weighted by Gasteiger charge is -2.19. The van der Waals surface area contributed by atoms with Crippen LogP contribution in [-0.2, 0) is 15.4 Å². The van der Waals surface area contributed by atoms with Crippen molar-refractivity contribution in [3.63, 3.8) is 0 Å². The summed E-state index contributed by atoms with van der Waals surface area (Å²) >= 11 is 0. The predicted octanol–water partition coefficient (Wildman–Crippen LogP) is 4.32. The molecule has 29 heavy (non-hydrogen) atoms. The highest BCUT2D eigenvalue weighted by molar-refractivity contribution is 7.92. The summed E-state index contributed by atoms with van der Waals surface area (Å²) in [7, 11) is -5.70. The Balaban J connectivity index is 2.44. The standard InChI is InChI=1S/C17H21F3N4O4S/c1-10(13-9-23(16(3,4)5)22-11(13)2)21-14-7-6-12(8-15(14)24(25)26)29(27,28)17(18,19)20/h6-10,21H,1-5H3. The number of alkyl halides is 3. The van der Waals surface area contributed by atoms with Crippen molar-refractivity contribution in [1.29, 1.82) is 0 Å². The highest BCUT2D eigenvalue weighted by atomic mass is 32.2. The van der Waals surface area contributed by atoms with Crippen molar-refractivity contribution in [3.8, 4) is 0 Å². The van der Waals surface area contributed by atoms with Gasteiger partial charge < -0.3 is 5.32 Å². The van der Waals surface area contributed by atoms with E-state index in [0.717, 1.165) is 11.6 Å². The van der Waals surface area contributed by atoms with Gasteiger partial charge in [0.2, 0.25) is 0 Å². The average Bonchev–Trinajstić information content (AvgIpc) is 2.96. The Kier molecular flexibility index (Phi) is 5.72. The smallest absolute Gasteiger partial charge is 0.373 e. The molecule has 160 valence electrons. The number of aryl methyl sites for hydroxylation is 1. The molecule has 1 unspecified atom stereocenters. The lowest BCUT2D eigenvalue weighted by molar-refractivity contribution is -0.384. The Labute approximate surface area is 165 Å². The molecule has 0 aliphatic rings. The molecule has 8 nitrogen and oxygen atoms in total. The molecule has 2 aromatic rings. The van der Waals surface area contributed by atoms with Crippen LogP contribution in [0.1, 0.15) is 45.0 Å². The summed E-state index contributed by atoms with van der Waals surface area (Å²) in [5, 5.41) is 18.6. The molecule has 0 spiro atoms. The summed E-state index contributed by atoms with van der Waals surface area (Å²) in [4.78, 5) is 9.22. The van der Waals surface area contributed by atoms with Crippen LogP contribution in [0.25, 0.3) is 0 Å². The second-order valence-corrected chi connectivity index (χ2v) is 9.48. The van der Waals surface area contributed by atoms with Gasteiger partial charge in [-0.3, -0.25) is 14.8 Å². The molecule has 0 amide bonds. The minimum Gasteiger partial charge on any atom is -0.373 e. The molecule has 1 atom stereocenters. The summed E-state index contributed by atoms with van der Waals surface area (Å²) in [5.41, 5.74) is -5.31. The Hall–Kier alpha value is -2.63. The predicted molar refractivity (Wildman–Crippen MR) is 100 cm³/mol. The van der Waals surface area contributed by atoms with E-state index in [1.807, 2.05) is 20.8 Å². The van der Waals surface area contributed by atoms with Gasteiger partial charge in [0.15, 0.2) is 0 Å². The van der Waals surface area contributed by atoms with Crippen molar-refractivity contribution in [2.75, 3.05) is 5.32 Å². The van der Waals surface area contributed by atoms with Gasteiger partial charge in [-0.2, -0.15) is 18.3 Å². The second-order valence-electron chi connectivity index (χ2n) is 7.54. The van der Waals surface area contributed by atoms with Gasteiger partial charge >= 0.3 is 5.51 Å².